The van der Waals surface area contributed by atoms with Crippen molar-refractivity contribution in [2.75, 3.05) is 6.61 Å². The molecule has 136 valence electrons. The number of hydrogen-bond acceptors (Lipinski definition) is 2. The van der Waals surface area contributed by atoms with Gasteiger partial charge in [-0.25, -0.2) is 4.79 Å². The fourth-order valence-corrected chi connectivity index (χ4v) is 3.72. The smallest absolute Gasteiger partial charge is 0.330 e. The number of allylic oxidation sites excluding steroid dienone is 1. The molecule has 0 aliphatic rings. The van der Waals surface area contributed by atoms with Crippen LogP contribution in [0.15, 0.2) is 103 Å². The lowest BCUT2D eigenvalue weighted by Crippen LogP contribution is -2.31. The normalized spacial score (nSPS) is 11.9. The summed E-state index contributed by atoms with van der Waals surface area (Å²) in [7, 11) is 0. The first-order valence-corrected chi connectivity index (χ1v) is 9.21. The SMILES string of the molecule is CCOC(=O)C=C(C)C(c1ccccc1)(c1ccccc1)c1ccccc1. The number of benzene rings is 3. The van der Waals surface area contributed by atoms with Crippen LogP contribution in [0.4, 0.5) is 0 Å². The molecule has 0 radical (unpaired) electrons. The minimum atomic E-state index is -0.573. The summed E-state index contributed by atoms with van der Waals surface area (Å²) in [6.45, 7) is 4.18. The van der Waals surface area contributed by atoms with E-state index in [4.69, 9.17) is 4.74 Å². The molecule has 0 heterocycles. The number of carbonyl (C=O) groups is 1. The molecular weight excluding hydrogens is 332 g/mol. The van der Waals surface area contributed by atoms with Crippen molar-refractivity contribution in [2.45, 2.75) is 19.3 Å². The Hall–Kier alpha value is -3.13. The molecule has 0 atom stereocenters. The number of esters is 1. The van der Waals surface area contributed by atoms with Crippen LogP contribution in [0.3, 0.4) is 0 Å². The van der Waals surface area contributed by atoms with E-state index >= 15 is 0 Å². The van der Waals surface area contributed by atoms with Gasteiger partial charge in [0.1, 0.15) is 0 Å². The van der Waals surface area contributed by atoms with Crippen molar-refractivity contribution in [3.05, 3.63) is 119 Å². The first kappa shape index (κ1) is 18.7. The van der Waals surface area contributed by atoms with E-state index in [-0.39, 0.29) is 5.97 Å². The third-order valence-corrected chi connectivity index (χ3v) is 4.83. The standard InChI is InChI=1S/C25H24O2/c1-3-27-24(26)19-20(2)25(21-13-7-4-8-14-21,22-15-9-5-10-16-22)23-17-11-6-12-18-23/h4-19H,3H2,1-2H3. The molecule has 0 saturated carbocycles. The van der Waals surface area contributed by atoms with E-state index in [0.29, 0.717) is 6.61 Å². The molecule has 0 N–H and O–H groups in total. The van der Waals surface area contributed by atoms with E-state index < -0.39 is 5.41 Å². The highest BCUT2D eigenvalue weighted by Crippen LogP contribution is 2.44. The lowest BCUT2D eigenvalue weighted by atomic mass is 9.65. The largest absolute Gasteiger partial charge is 0.463 e. The highest BCUT2D eigenvalue weighted by atomic mass is 16.5. The number of carbonyl (C=O) groups excluding carboxylic acids is 1. The zero-order valence-corrected chi connectivity index (χ0v) is 15.8. The molecule has 2 heteroatoms. The fraction of sp³-hybridized carbons (Fsp3) is 0.160. The van der Waals surface area contributed by atoms with E-state index in [0.717, 1.165) is 22.3 Å². The minimum absolute atomic E-state index is 0.317. The molecule has 0 fully saturated rings. The minimum Gasteiger partial charge on any atom is -0.463 e. The molecular formula is C25H24O2. The van der Waals surface area contributed by atoms with Crippen LogP contribution in [0.2, 0.25) is 0 Å². The Balaban J connectivity index is 2.35. The predicted octanol–water partition coefficient (Wildman–Crippen LogP) is 5.53. The first-order chi connectivity index (χ1) is 13.2. The fourth-order valence-electron chi connectivity index (χ4n) is 3.72. The summed E-state index contributed by atoms with van der Waals surface area (Å²) in [5, 5.41) is 0. The maximum Gasteiger partial charge on any atom is 0.330 e. The van der Waals surface area contributed by atoms with Crippen molar-refractivity contribution in [1.29, 1.82) is 0 Å². The van der Waals surface area contributed by atoms with Gasteiger partial charge >= 0.3 is 5.97 Å². The molecule has 27 heavy (non-hydrogen) atoms. The topological polar surface area (TPSA) is 26.3 Å². The molecule has 0 aliphatic carbocycles. The van der Waals surface area contributed by atoms with Crippen LogP contribution >= 0.6 is 0 Å². The van der Waals surface area contributed by atoms with Crippen molar-refractivity contribution in [3.63, 3.8) is 0 Å². The van der Waals surface area contributed by atoms with Crippen molar-refractivity contribution in [2.24, 2.45) is 0 Å². The van der Waals surface area contributed by atoms with Gasteiger partial charge in [-0.2, -0.15) is 0 Å². The monoisotopic (exact) mass is 356 g/mol. The van der Waals surface area contributed by atoms with Crippen molar-refractivity contribution in [1.82, 2.24) is 0 Å². The Bertz CT molecular complexity index is 800. The second kappa shape index (κ2) is 8.50. The lowest BCUT2D eigenvalue weighted by molar-refractivity contribution is -0.137. The van der Waals surface area contributed by atoms with E-state index in [1.165, 1.54) is 0 Å². The van der Waals surface area contributed by atoms with Crippen LogP contribution in [0.25, 0.3) is 0 Å². The Labute approximate surface area is 161 Å². The summed E-state index contributed by atoms with van der Waals surface area (Å²) >= 11 is 0. The number of hydrogen-bond donors (Lipinski definition) is 0. The van der Waals surface area contributed by atoms with Gasteiger partial charge in [0.2, 0.25) is 0 Å². The summed E-state index contributed by atoms with van der Waals surface area (Å²) < 4.78 is 5.20. The molecule has 0 unspecified atom stereocenters. The average molecular weight is 356 g/mol. The summed E-state index contributed by atoms with van der Waals surface area (Å²) in [6.07, 6.45) is 1.62. The molecule has 0 spiro atoms. The molecule has 0 amide bonds. The summed E-state index contributed by atoms with van der Waals surface area (Å²) in [6, 6.07) is 30.9. The third kappa shape index (κ3) is 3.70. The average Bonchev–Trinajstić information content (AvgIpc) is 2.71. The summed E-state index contributed by atoms with van der Waals surface area (Å²) in [5.74, 6) is -0.317. The summed E-state index contributed by atoms with van der Waals surface area (Å²) in [5.41, 5.74) is 3.68. The maximum absolute atomic E-state index is 12.3. The van der Waals surface area contributed by atoms with Crippen molar-refractivity contribution in [3.8, 4) is 0 Å². The highest BCUT2D eigenvalue weighted by Gasteiger charge is 2.38. The van der Waals surface area contributed by atoms with Crippen molar-refractivity contribution < 1.29 is 9.53 Å². The van der Waals surface area contributed by atoms with Gasteiger partial charge in [0.25, 0.3) is 0 Å². The Kier molecular flexibility index (Phi) is 5.87. The van der Waals surface area contributed by atoms with E-state index in [9.17, 15) is 4.79 Å². The first-order valence-electron chi connectivity index (χ1n) is 9.21. The van der Waals surface area contributed by atoms with Gasteiger partial charge in [-0.1, -0.05) is 91.0 Å². The molecule has 0 aliphatic heterocycles. The third-order valence-electron chi connectivity index (χ3n) is 4.83. The Morgan fingerprint density at radius 3 is 1.48 bits per heavy atom. The van der Waals surface area contributed by atoms with Crippen LogP contribution in [0, 0.1) is 0 Å². The maximum atomic E-state index is 12.3. The number of rotatable bonds is 6. The molecule has 3 aromatic carbocycles. The molecule has 3 aromatic rings. The Morgan fingerprint density at radius 2 is 1.15 bits per heavy atom. The van der Waals surface area contributed by atoms with Crippen LogP contribution in [0.1, 0.15) is 30.5 Å². The molecule has 3 rings (SSSR count). The van der Waals surface area contributed by atoms with Crippen LogP contribution in [-0.4, -0.2) is 12.6 Å². The molecule has 2 nitrogen and oxygen atoms in total. The second-order valence-corrected chi connectivity index (χ2v) is 6.43. The zero-order chi connectivity index (χ0) is 19.1. The van der Waals surface area contributed by atoms with E-state index in [1.807, 2.05) is 68.4 Å². The van der Waals surface area contributed by atoms with Gasteiger partial charge in [-0.05, 0) is 36.1 Å². The lowest BCUT2D eigenvalue weighted by Gasteiger charge is -2.37. The zero-order valence-electron chi connectivity index (χ0n) is 15.8. The van der Waals surface area contributed by atoms with Crippen LogP contribution < -0.4 is 0 Å². The van der Waals surface area contributed by atoms with E-state index in [1.54, 1.807) is 6.08 Å². The summed E-state index contributed by atoms with van der Waals surface area (Å²) in [4.78, 5) is 12.3. The Morgan fingerprint density at radius 1 is 0.778 bits per heavy atom. The molecule has 0 aromatic heterocycles. The van der Waals surface area contributed by atoms with E-state index in [2.05, 4.69) is 36.4 Å². The second-order valence-electron chi connectivity index (χ2n) is 6.43. The highest BCUT2D eigenvalue weighted by molar-refractivity contribution is 5.84. The van der Waals surface area contributed by atoms with Gasteiger partial charge in [-0.15, -0.1) is 0 Å². The van der Waals surface area contributed by atoms with Gasteiger partial charge in [0.05, 0.1) is 12.0 Å². The molecule has 0 bridgehead atoms. The van der Waals surface area contributed by atoms with Crippen LogP contribution in [-0.2, 0) is 14.9 Å². The van der Waals surface area contributed by atoms with Crippen molar-refractivity contribution >= 4 is 5.97 Å². The van der Waals surface area contributed by atoms with Gasteiger partial charge in [-0.3, -0.25) is 0 Å². The van der Waals surface area contributed by atoms with Gasteiger partial charge < -0.3 is 4.74 Å². The number of ether oxygens (including phenoxy) is 1. The van der Waals surface area contributed by atoms with Gasteiger partial charge in [0, 0.05) is 6.08 Å². The van der Waals surface area contributed by atoms with Crippen LogP contribution in [0.5, 0.6) is 0 Å². The quantitative estimate of drug-likeness (QED) is 0.330. The van der Waals surface area contributed by atoms with Gasteiger partial charge in [0.15, 0.2) is 0 Å². The molecule has 0 saturated heterocycles. The predicted molar refractivity (Wildman–Crippen MR) is 110 cm³/mol.